The molecule has 1 aromatic carbocycles. The van der Waals surface area contributed by atoms with Crippen LogP contribution in [0.1, 0.15) is 31.9 Å². The average Bonchev–Trinajstić information content (AvgIpc) is 2.34. The second kappa shape index (κ2) is 7.42. The van der Waals surface area contributed by atoms with E-state index in [0.717, 1.165) is 32.7 Å². The molecule has 2 heteroatoms. The first-order valence-electron chi connectivity index (χ1n) is 6.31. The largest absolute Gasteiger partial charge is 0.313 e. The molecule has 0 fully saturated rings. The molecule has 0 spiro atoms. The van der Waals surface area contributed by atoms with Gasteiger partial charge in [-0.1, -0.05) is 45.0 Å². The van der Waals surface area contributed by atoms with Crippen molar-refractivity contribution in [3.63, 3.8) is 0 Å². The molecule has 2 nitrogen and oxygen atoms in total. The minimum absolute atomic E-state index is 0.975. The zero-order chi connectivity index (χ0) is 11.8. The van der Waals surface area contributed by atoms with Gasteiger partial charge in [-0.15, -0.1) is 0 Å². The number of hydrogen-bond acceptors (Lipinski definition) is 2. The van der Waals surface area contributed by atoms with Gasteiger partial charge in [0.2, 0.25) is 0 Å². The van der Waals surface area contributed by atoms with Crippen LogP contribution in [0.5, 0.6) is 0 Å². The molecule has 0 saturated heterocycles. The molecule has 0 amide bonds. The van der Waals surface area contributed by atoms with Crippen molar-refractivity contribution < 1.29 is 0 Å². The highest BCUT2D eigenvalue weighted by atomic mass is 15.1. The zero-order valence-electron chi connectivity index (χ0n) is 10.8. The first kappa shape index (κ1) is 13.2. The molecule has 0 aliphatic heterocycles. The maximum Gasteiger partial charge on any atom is 0.0233 e. The lowest BCUT2D eigenvalue weighted by molar-refractivity contribution is 0.296. The second-order valence-corrected chi connectivity index (χ2v) is 4.06. The molecule has 0 aliphatic carbocycles. The highest BCUT2D eigenvalue weighted by Gasteiger charge is 2.01. The van der Waals surface area contributed by atoms with Crippen LogP contribution in [0.3, 0.4) is 0 Å². The van der Waals surface area contributed by atoms with Crippen molar-refractivity contribution in [2.45, 2.75) is 33.9 Å². The van der Waals surface area contributed by atoms with E-state index in [9.17, 15) is 0 Å². The summed E-state index contributed by atoms with van der Waals surface area (Å²) in [5.41, 5.74) is 2.80. The van der Waals surface area contributed by atoms with E-state index in [1.807, 2.05) is 0 Å². The number of benzene rings is 1. The minimum atomic E-state index is 0.975. The van der Waals surface area contributed by atoms with Crippen molar-refractivity contribution in [3.05, 3.63) is 35.4 Å². The number of nitrogens with zero attached hydrogens (tertiary/aromatic N) is 1. The van der Waals surface area contributed by atoms with Gasteiger partial charge in [-0.3, -0.25) is 4.90 Å². The molecule has 16 heavy (non-hydrogen) atoms. The molecule has 0 unspecified atom stereocenters. The first-order valence-corrected chi connectivity index (χ1v) is 6.31. The van der Waals surface area contributed by atoms with Crippen molar-refractivity contribution in [2.75, 3.05) is 19.6 Å². The Labute approximate surface area is 99.7 Å². The molecule has 0 bridgehead atoms. The Morgan fingerprint density at radius 3 is 2.38 bits per heavy atom. The summed E-state index contributed by atoms with van der Waals surface area (Å²) in [6.45, 7) is 11.9. The fourth-order valence-electron chi connectivity index (χ4n) is 1.81. The lowest BCUT2D eigenvalue weighted by Crippen LogP contribution is -2.22. The highest BCUT2D eigenvalue weighted by molar-refractivity contribution is 5.23. The van der Waals surface area contributed by atoms with Crippen LogP contribution in [-0.2, 0) is 13.1 Å². The zero-order valence-corrected chi connectivity index (χ0v) is 10.8. The summed E-state index contributed by atoms with van der Waals surface area (Å²) in [7, 11) is 0. The lowest BCUT2D eigenvalue weighted by Gasteiger charge is -2.18. The molecule has 0 aromatic heterocycles. The number of nitrogens with one attached hydrogen (secondary N) is 1. The van der Waals surface area contributed by atoms with Gasteiger partial charge in [0.05, 0.1) is 0 Å². The van der Waals surface area contributed by atoms with E-state index in [4.69, 9.17) is 0 Å². The van der Waals surface area contributed by atoms with Crippen LogP contribution in [0.2, 0.25) is 0 Å². The summed E-state index contributed by atoms with van der Waals surface area (Å²) in [5.74, 6) is 0. The molecule has 0 aliphatic rings. The average molecular weight is 220 g/mol. The highest BCUT2D eigenvalue weighted by Crippen LogP contribution is 2.08. The molecule has 0 heterocycles. The van der Waals surface area contributed by atoms with E-state index < -0.39 is 0 Å². The van der Waals surface area contributed by atoms with Crippen LogP contribution >= 0.6 is 0 Å². The Morgan fingerprint density at radius 2 is 1.75 bits per heavy atom. The Morgan fingerprint density at radius 1 is 1.06 bits per heavy atom. The second-order valence-electron chi connectivity index (χ2n) is 4.06. The molecule has 1 N–H and O–H groups in total. The summed E-state index contributed by atoms with van der Waals surface area (Å²) >= 11 is 0. The van der Waals surface area contributed by atoms with Gasteiger partial charge in [-0.25, -0.2) is 0 Å². The Balaban J connectivity index is 2.59. The van der Waals surface area contributed by atoms with Crippen LogP contribution in [0.4, 0.5) is 0 Å². The summed E-state index contributed by atoms with van der Waals surface area (Å²) in [6.07, 6.45) is 0. The Bertz CT molecular complexity index is 293. The van der Waals surface area contributed by atoms with Gasteiger partial charge in [0, 0.05) is 13.1 Å². The maximum atomic E-state index is 3.36. The van der Waals surface area contributed by atoms with Gasteiger partial charge in [0.25, 0.3) is 0 Å². The molecular weight excluding hydrogens is 196 g/mol. The Kier molecular flexibility index (Phi) is 6.12. The molecular formula is C14H24N2. The van der Waals surface area contributed by atoms with E-state index >= 15 is 0 Å². The normalized spacial score (nSPS) is 11.0. The molecule has 1 aromatic rings. The van der Waals surface area contributed by atoms with Crippen molar-refractivity contribution >= 4 is 0 Å². The topological polar surface area (TPSA) is 15.3 Å². The quantitative estimate of drug-likeness (QED) is 0.760. The number of hydrogen-bond donors (Lipinski definition) is 1. The van der Waals surface area contributed by atoms with E-state index in [-0.39, 0.29) is 0 Å². The summed E-state index contributed by atoms with van der Waals surface area (Å²) in [4.78, 5) is 2.44. The summed E-state index contributed by atoms with van der Waals surface area (Å²) in [6, 6.07) is 8.87. The van der Waals surface area contributed by atoms with E-state index in [1.165, 1.54) is 11.1 Å². The first-order chi connectivity index (χ1) is 7.80. The number of rotatable bonds is 7. The van der Waals surface area contributed by atoms with Crippen molar-refractivity contribution in [1.29, 1.82) is 0 Å². The summed E-state index contributed by atoms with van der Waals surface area (Å²) in [5, 5.41) is 3.36. The maximum absolute atomic E-state index is 3.36. The van der Waals surface area contributed by atoms with Gasteiger partial charge in [0.15, 0.2) is 0 Å². The van der Waals surface area contributed by atoms with Crippen molar-refractivity contribution in [1.82, 2.24) is 10.2 Å². The van der Waals surface area contributed by atoms with E-state index in [1.54, 1.807) is 0 Å². The van der Waals surface area contributed by atoms with Gasteiger partial charge in [0.1, 0.15) is 0 Å². The fraction of sp³-hybridized carbons (Fsp3) is 0.571. The van der Waals surface area contributed by atoms with Crippen LogP contribution in [-0.4, -0.2) is 24.5 Å². The van der Waals surface area contributed by atoms with E-state index in [2.05, 4.69) is 55.3 Å². The predicted octanol–water partition coefficient (Wildman–Crippen LogP) is 2.64. The van der Waals surface area contributed by atoms with Crippen molar-refractivity contribution in [3.8, 4) is 0 Å². The van der Waals surface area contributed by atoms with Gasteiger partial charge in [-0.2, -0.15) is 0 Å². The molecule has 1 rings (SSSR count). The lowest BCUT2D eigenvalue weighted by atomic mass is 10.1. The third kappa shape index (κ3) is 4.33. The van der Waals surface area contributed by atoms with Gasteiger partial charge >= 0.3 is 0 Å². The summed E-state index contributed by atoms with van der Waals surface area (Å²) < 4.78 is 0. The van der Waals surface area contributed by atoms with E-state index in [0.29, 0.717) is 0 Å². The fourth-order valence-corrected chi connectivity index (χ4v) is 1.81. The third-order valence-corrected chi connectivity index (χ3v) is 2.87. The van der Waals surface area contributed by atoms with Crippen LogP contribution < -0.4 is 5.32 Å². The standard InChI is InChI=1S/C14H24N2/c1-4-15-11-13-8-7-9-14(10-13)12-16(5-2)6-3/h7-10,15H,4-6,11-12H2,1-3H3. The monoisotopic (exact) mass is 220 g/mol. The predicted molar refractivity (Wildman–Crippen MR) is 70.4 cm³/mol. The molecule has 0 saturated carbocycles. The smallest absolute Gasteiger partial charge is 0.0233 e. The molecule has 0 atom stereocenters. The molecule has 90 valence electrons. The van der Waals surface area contributed by atoms with Gasteiger partial charge in [-0.05, 0) is 30.8 Å². The SMILES string of the molecule is CCNCc1cccc(CN(CC)CC)c1. The minimum Gasteiger partial charge on any atom is -0.313 e. The van der Waals surface area contributed by atoms with Gasteiger partial charge < -0.3 is 5.32 Å². The Hall–Kier alpha value is -0.860. The molecule has 0 radical (unpaired) electrons. The van der Waals surface area contributed by atoms with Crippen molar-refractivity contribution in [2.24, 2.45) is 0 Å². The van der Waals surface area contributed by atoms with Crippen LogP contribution in [0, 0.1) is 0 Å². The van der Waals surface area contributed by atoms with Crippen LogP contribution in [0.15, 0.2) is 24.3 Å². The van der Waals surface area contributed by atoms with Crippen LogP contribution in [0.25, 0.3) is 0 Å². The third-order valence-electron chi connectivity index (χ3n) is 2.87.